The third-order valence-electron chi connectivity index (χ3n) is 3.13. The molecular weight excluding hydrogens is 331 g/mol. The van der Waals surface area contributed by atoms with Gasteiger partial charge < -0.3 is 20.4 Å². The van der Waals surface area contributed by atoms with Crippen LogP contribution in [0.3, 0.4) is 0 Å². The lowest BCUT2D eigenvalue weighted by Crippen LogP contribution is -2.34. The van der Waals surface area contributed by atoms with Gasteiger partial charge in [0.05, 0.1) is 24.4 Å². The summed E-state index contributed by atoms with van der Waals surface area (Å²) >= 11 is 0. The van der Waals surface area contributed by atoms with Gasteiger partial charge in [0, 0.05) is 19.5 Å². The van der Waals surface area contributed by atoms with Crippen molar-refractivity contribution in [2.75, 3.05) is 32.1 Å². The van der Waals surface area contributed by atoms with Gasteiger partial charge in [-0.1, -0.05) is 0 Å². The number of anilines is 1. The normalized spacial score (nSPS) is 12.9. The number of carboxylic acids is 1. The molecule has 134 valence electrons. The highest BCUT2D eigenvalue weighted by atomic mass is 19.4. The summed E-state index contributed by atoms with van der Waals surface area (Å²) in [5, 5.41) is 20.2. The molecule has 1 aromatic rings. The second kappa shape index (κ2) is 8.60. The van der Waals surface area contributed by atoms with Crippen LogP contribution in [0.25, 0.3) is 0 Å². The number of nitrogens with one attached hydrogen (secondary N) is 1. The van der Waals surface area contributed by atoms with Crippen LogP contribution in [0.4, 0.5) is 18.9 Å². The zero-order valence-corrected chi connectivity index (χ0v) is 12.9. The molecule has 0 unspecified atom stereocenters. The van der Waals surface area contributed by atoms with E-state index < -0.39 is 29.7 Å². The number of halogens is 3. The second-order valence-electron chi connectivity index (χ2n) is 5.20. The number of aliphatic hydroxyl groups excluding tert-OH is 1. The average Bonchev–Trinajstić information content (AvgIpc) is 2.46. The Hall–Kier alpha value is -2.20. The van der Waals surface area contributed by atoms with Crippen molar-refractivity contribution in [1.29, 1.82) is 0 Å². The van der Waals surface area contributed by atoms with Crippen molar-refractivity contribution in [3.05, 3.63) is 24.0 Å². The fourth-order valence-corrected chi connectivity index (χ4v) is 1.94. The molecule has 0 aromatic carbocycles. The van der Waals surface area contributed by atoms with E-state index in [4.69, 9.17) is 10.2 Å². The quantitative estimate of drug-likeness (QED) is 0.648. The molecule has 1 aromatic heterocycles. The van der Waals surface area contributed by atoms with Crippen molar-refractivity contribution in [2.24, 2.45) is 5.92 Å². The number of aliphatic hydroxyl groups is 1. The number of hydrogen-bond donors (Lipinski definition) is 3. The van der Waals surface area contributed by atoms with Crippen LogP contribution in [-0.2, 0) is 15.8 Å². The molecule has 1 heterocycles. The predicted molar refractivity (Wildman–Crippen MR) is 78.2 cm³/mol. The maximum atomic E-state index is 12.4. The van der Waals surface area contributed by atoms with Crippen LogP contribution in [0.5, 0.6) is 0 Å². The minimum absolute atomic E-state index is 0.0425. The molecule has 24 heavy (non-hydrogen) atoms. The van der Waals surface area contributed by atoms with E-state index in [0.29, 0.717) is 0 Å². The summed E-state index contributed by atoms with van der Waals surface area (Å²) in [6, 6.07) is 1.76. The van der Waals surface area contributed by atoms with Gasteiger partial charge in [-0.2, -0.15) is 13.2 Å². The number of alkyl halides is 3. The second-order valence-corrected chi connectivity index (χ2v) is 5.20. The zero-order valence-electron chi connectivity index (χ0n) is 12.9. The number of carbonyl (C=O) groups excluding carboxylic acids is 1. The average molecular weight is 349 g/mol. The van der Waals surface area contributed by atoms with Crippen LogP contribution in [-0.4, -0.2) is 58.7 Å². The first kappa shape index (κ1) is 19.8. The van der Waals surface area contributed by atoms with Gasteiger partial charge >= 0.3 is 12.1 Å². The van der Waals surface area contributed by atoms with Crippen LogP contribution in [0.1, 0.15) is 12.1 Å². The van der Waals surface area contributed by atoms with E-state index in [2.05, 4.69) is 10.3 Å². The van der Waals surface area contributed by atoms with Crippen LogP contribution in [0, 0.1) is 5.92 Å². The standard InChI is InChI=1S/C14H18F3N3O4/c1-20(4-5-21)8-9(13(23)24)6-12(22)19-10-2-3-11(18-7-10)14(15,16)17/h2-3,7,9,21H,4-6,8H2,1H3,(H,19,22)(H,23,24)/t9-/m0/s1. The van der Waals surface area contributed by atoms with Crippen molar-refractivity contribution in [3.8, 4) is 0 Å². The van der Waals surface area contributed by atoms with E-state index >= 15 is 0 Å². The van der Waals surface area contributed by atoms with E-state index in [1.807, 2.05) is 0 Å². The van der Waals surface area contributed by atoms with Crippen molar-refractivity contribution >= 4 is 17.6 Å². The zero-order chi connectivity index (χ0) is 18.3. The third kappa shape index (κ3) is 6.50. The Morgan fingerprint density at radius 3 is 2.50 bits per heavy atom. The number of nitrogens with zero attached hydrogens (tertiary/aromatic N) is 2. The molecule has 0 bridgehead atoms. The first-order valence-corrected chi connectivity index (χ1v) is 6.98. The van der Waals surface area contributed by atoms with Crippen molar-refractivity contribution in [3.63, 3.8) is 0 Å². The molecule has 0 aliphatic rings. The topological polar surface area (TPSA) is 103 Å². The first-order chi connectivity index (χ1) is 11.1. The fraction of sp³-hybridized carbons (Fsp3) is 0.500. The maximum Gasteiger partial charge on any atom is 0.433 e. The Balaban J connectivity index is 2.64. The third-order valence-corrected chi connectivity index (χ3v) is 3.13. The minimum Gasteiger partial charge on any atom is -0.481 e. The number of aliphatic carboxylic acids is 1. The van der Waals surface area contributed by atoms with Crippen molar-refractivity contribution < 1.29 is 33.0 Å². The lowest BCUT2D eigenvalue weighted by Gasteiger charge is -2.20. The molecule has 3 N–H and O–H groups in total. The molecule has 0 aliphatic carbocycles. The molecule has 1 atom stereocenters. The summed E-state index contributed by atoms with van der Waals surface area (Å²) in [7, 11) is 1.60. The van der Waals surface area contributed by atoms with Gasteiger partial charge in [-0.3, -0.25) is 9.59 Å². The summed E-state index contributed by atoms with van der Waals surface area (Å²) in [5.74, 6) is -2.84. The molecule has 1 rings (SSSR count). The van der Waals surface area contributed by atoms with E-state index in [9.17, 15) is 22.8 Å². The van der Waals surface area contributed by atoms with Gasteiger partial charge in [0.2, 0.25) is 5.91 Å². The minimum atomic E-state index is -4.58. The van der Waals surface area contributed by atoms with Gasteiger partial charge in [0.1, 0.15) is 5.69 Å². The largest absolute Gasteiger partial charge is 0.481 e. The number of aromatic nitrogens is 1. The Labute approximate surface area is 136 Å². The molecule has 0 fully saturated rings. The van der Waals surface area contributed by atoms with Crippen molar-refractivity contribution in [1.82, 2.24) is 9.88 Å². The van der Waals surface area contributed by atoms with Gasteiger partial charge in [0.15, 0.2) is 0 Å². The highest BCUT2D eigenvalue weighted by Crippen LogP contribution is 2.27. The molecule has 10 heteroatoms. The summed E-state index contributed by atoms with van der Waals surface area (Å²) < 4.78 is 37.2. The number of rotatable bonds is 8. The fourth-order valence-electron chi connectivity index (χ4n) is 1.94. The van der Waals surface area contributed by atoms with Gasteiger partial charge in [-0.25, -0.2) is 4.98 Å². The summed E-state index contributed by atoms with van der Waals surface area (Å²) in [4.78, 5) is 27.8. The first-order valence-electron chi connectivity index (χ1n) is 6.98. The van der Waals surface area contributed by atoms with E-state index in [-0.39, 0.29) is 31.8 Å². The SMILES string of the molecule is CN(CCO)C[C@H](CC(=O)Nc1ccc(C(F)(F)F)nc1)C(=O)O. The smallest absolute Gasteiger partial charge is 0.433 e. The summed E-state index contributed by atoms with van der Waals surface area (Å²) in [6.07, 6.45) is -4.07. The Morgan fingerprint density at radius 2 is 2.04 bits per heavy atom. The molecule has 0 spiro atoms. The van der Waals surface area contributed by atoms with Crippen LogP contribution in [0.2, 0.25) is 0 Å². The molecule has 0 aliphatic heterocycles. The number of carboxylic acid groups (broad SMARTS) is 1. The molecule has 7 nitrogen and oxygen atoms in total. The molecule has 1 amide bonds. The number of likely N-dealkylation sites (N-methyl/N-ethyl adjacent to an activating group) is 1. The number of pyridine rings is 1. The molecular formula is C14H18F3N3O4. The Morgan fingerprint density at radius 1 is 1.38 bits per heavy atom. The predicted octanol–water partition coefficient (Wildman–Crippen LogP) is 1.05. The lowest BCUT2D eigenvalue weighted by molar-refractivity contribution is -0.144. The number of carbonyl (C=O) groups is 2. The summed E-state index contributed by atoms with van der Waals surface area (Å²) in [5.41, 5.74) is -1.05. The lowest BCUT2D eigenvalue weighted by atomic mass is 10.0. The monoisotopic (exact) mass is 349 g/mol. The number of amides is 1. The molecule has 0 radical (unpaired) electrons. The molecule has 0 saturated heterocycles. The number of hydrogen-bond acceptors (Lipinski definition) is 5. The van der Waals surface area contributed by atoms with Crippen LogP contribution >= 0.6 is 0 Å². The van der Waals surface area contributed by atoms with Crippen LogP contribution < -0.4 is 5.32 Å². The Kier molecular flexibility index (Phi) is 7.11. The van der Waals surface area contributed by atoms with Crippen LogP contribution in [0.15, 0.2) is 18.3 Å². The molecule has 0 saturated carbocycles. The maximum absolute atomic E-state index is 12.4. The van der Waals surface area contributed by atoms with Gasteiger partial charge in [-0.05, 0) is 19.2 Å². The Bertz CT molecular complexity index is 563. The van der Waals surface area contributed by atoms with Gasteiger partial charge in [-0.15, -0.1) is 0 Å². The van der Waals surface area contributed by atoms with Crippen molar-refractivity contribution in [2.45, 2.75) is 12.6 Å². The highest BCUT2D eigenvalue weighted by Gasteiger charge is 2.32. The highest BCUT2D eigenvalue weighted by molar-refractivity contribution is 5.93. The van der Waals surface area contributed by atoms with E-state index in [1.165, 1.54) is 0 Å². The van der Waals surface area contributed by atoms with Gasteiger partial charge in [0.25, 0.3) is 0 Å². The summed E-state index contributed by atoms with van der Waals surface area (Å²) in [6.45, 7) is 0.162. The van der Waals surface area contributed by atoms with E-state index in [1.54, 1.807) is 11.9 Å². The van der Waals surface area contributed by atoms with E-state index in [0.717, 1.165) is 18.3 Å².